The summed E-state index contributed by atoms with van der Waals surface area (Å²) >= 11 is 6.78. The van der Waals surface area contributed by atoms with Crippen molar-refractivity contribution in [1.82, 2.24) is 14.3 Å². The van der Waals surface area contributed by atoms with E-state index in [0.29, 0.717) is 33.1 Å². The predicted molar refractivity (Wildman–Crippen MR) is 151 cm³/mol. The molecule has 1 saturated heterocycles. The van der Waals surface area contributed by atoms with Crippen LogP contribution in [-0.4, -0.2) is 31.1 Å². The minimum atomic E-state index is -0.305. The number of fused-ring (bicyclic) bond motifs is 1. The van der Waals surface area contributed by atoms with Gasteiger partial charge < -0.3 is 4.74 Å². The minimum Gasteiger partial charge on any atom is -0.438 e. The molecule has 1 aliphatic heterocycles. The fourth-order valence-corrected chi connectivity index (χ4v) is 5.41. The Kier molecular flexibility index (Phi) is 8.59. The average molecular weight is 522 g/mol. The van der Waals surface area contributed by atoms with Crippen molar-refractivity contribution in [3.05, 3.63) is 75.0 Å². The molecule has 0 N–H and O–H groups in total. The number of aromatic nitrogens is 2. The zero-order valence-corrected chi connectivity index (χ0v) is 22.5. The number of pyridine rings is 1. The van der Waals surface area contributed by atoms with Crippen LogP contribution in [-0.2, 0) is 11.2 Å². The maximum Gasteiger partial charge on any atom is 0.269 e. The van der Waals surface area contributed by atoms with Gasteiger partial charge in [0.1, 0.15) is 21.3 Å². The standard InChI is InChI=1S/C28H31N3O3S2/c1-4-7-10-20(6-3)18-31-27(33)23(36-28(31)35)17-22-25(34-21-14-12-19(5-2)13-15-21)29-24-11-8-9-16-30(24)26(22)32/h8-9,11-17,20H,4-7,10,18H2,1-3H3/b23-17+. The lowest BCUT2D eigenvalue weighted by atomic mass is 9.99. The second-order valence-electron chi connectivity index (χ2n) is 8.87. The Morgan fingerprint density at radius 1 is 1.11 bits per heavy atom. The highest BCUT2D eigenvalue weighted by Gasteiger charge is 2.34. The van der Waals surface area contributed by atoms with Gasteiger partial charge in [-0.1, -0.05) is 82.2 Å². The molecule has 1 atom stereocenters. The first-order valence-corrected chi connectivity index (χ1v) is 13.7. The van der Waals surface area contributed by atoms with E-state index in [9.17, 15) is 9.59 Å². The van der Waals surface area contributed by atoms with Gasteiger partial charge in [-0.25, -0.2) is 0 Å². The van der Waals surface area contributed by atoms with E-state index in [1.165, 1.54) is 21.7 Å². The topological polar surface area (TPSA) is 63.9 Å². The molecule has 1 fully saturated rings. The van der Waals surface area contributed by atoms with Gasteiger partial charge in [0.2, 0.25) is 5.88 Å². The van der Waals surface area contributed by atoms with Crippen LogP contribution < -0.4 is 10.3 Å². The number of benzene rings is 1. The molecule has 2 aromatic heterocycles. The van der Waals surface area contributed by atoms with Gasteiger partial charge in [0.05, 0.1) is 4.91 Å². The molecule has 1 unspecified atom stereocenters. The lowest BCUT2D eigenvalue weighted by molar-refractivity contribution is -0.122. The molecule has 3 aromatic rings. The number of thiocarbonyl (C=S) groups is 1. The maximum absolute atomic E-state index is 13.5. The third kappa shape index (κ3) is 5.71. The van der Waals surface area contributed by atoms with Crippen molar-refractivity contribution in [3.63, 3.8) is 0 Å². The Labute approximate surface area is 221 Å². The van der Waals surface area contributed by atoms with Crippen LogP contribution in [0.25, 0.3) is 11.7 Å². The first kappa shape index (κ1) is 26.1. The number of nitrogens with zero attached hydrogens (tertiary/aromatic N) is 3. The third-order valence-corrected chi connectivity index (χ3v) is 7.79. The summed E-state index contributed by atoms with van der Waals surface area (Å²) in [6, 6.07) is 13.0. The lowest BCUT2D eigenvalue weighted by Gasteiger charge is -2.21. The molecule has 8 heteroatoms. The van der Waals surface area contributed by atoms with Gasteiger partial charge in [-0.05, 0) is 54.7 Å². The zero-order valence-electron chi connectivity index (χ0n) is 20.9. The summed E-state index contributed by atoms with van der Waals surface area (Å²) in [4.78, 5) is 33.5. The van der Waals surface area contributed by atoms with Crippen LogP contribution in [0.15, 0.2) is 58.4 Å². The van der Waals surface area contributed by atoms with Gasteiger partial charge >= 0.3 is 0 Å². The maximum atomic E-state index is 13.5. The van der Waals surface area contributed by atoms with Crippen LogP contribution in [0, 0.1) is 5.92 Å². The van der Waals surface area contributed by atoms with Gasteiger partial charge in [-0.2, -0.15) is 4.98 Å². The summed E-state index contributed by atoms with van der Waals surface area (Å²) in [7, 11) is 0. The van der Waals surface area contributed by atoms with Crippen LogP contribution in [0.1, 0.15) is 57.6 Å². The summed E-state index contributed by atoms with van der Waals surface area (Å²) in [5.74, 6) is 0.957. The first-order valence-electron chi connectivity index (χ1n) is 12.5. The van der Waals surface area contributed by atoms with Gasteiger partial charge in [-0.3, -0.25) is 18.9 Å². The number of ether oxygens (including phenoxy) is 1. The Morgan fingerprint density at radius 3 is 2.58 bits per heavy atom. The first-order chi connectivity index (χ1) is 17.4. The van der Waals surface area contributed by atoms with E-state index in [4.69, 9.17) is 17.0 Å². The highest BCUT2D eigenvalue weighted by Crippen LogP contribution is 2.35. The van der Waals surface area contributed by atoms with E-state index in [2.05, 4.69) is 25.8 Å². The molecule has 0 spiro atoms. The Hall–Kier alpha value is -2.97. The number of rotatable bonds is 10. The molecule has 1 aromatic carbocycles. The molecule has 0 radical (unpaired) electrons. The second-order valence-corrected chi connectivity index (χ2v) is 10.5. The van der Waals surface area contributed by atoms with Crippen molar-refractivity contribution in [1.29, 1.82) is 0 Å². The Balaban J connectivity index is 1.71. The molecule has 1 amide bonds. The van der Waals surface area contributed by atoms with Crippen molar-refractivity contribution >= 4 is 45.9 Å². The number of thioether (sulfide) groups is 1. The number of carbonyl (C=O) groups excluding carboxylic acids is 1. The summed E-state index contributed by atoms with van der Waals surface area (Å²) in [6.07, 6.45) is 8.46. The highest BCUT2D eigenvalue weighted by atomic mass is 32.2. The Morgan fingerprint density at radius 2 is 1.89 bits per heavy atom. The average Bonchev–Trinajstić information content (AvgIpc) is 3.16. The molecule has 0 bridgehead atoms. The van der Waals surface area contributed by atoms with E-state index >= 15 is 0 Å². The molecule has 1 aliphatic rings. The van der Waals surface area contributed by atoms with E-state index in [1.807, 2.05) is 30.3 Å². The van der Waals surface area contributed by atoms with Crippen LogP contribution >= 0.6 is 24.0 Å². The van der Waals surface area contributed by atoms with Gasteiger partial charge in [-0.15, -0.1) is 0 Å². The minimum absolute atomic E-state index is 0.162. The quantitative estimate of drug-likeness (QED) is 0.225. The summed E-state index contributed by atoms with van der Waals surface area (Å²) in [6.45, 7) is 7.00. The van der Waals surface area contributed by atoms with E-state index in [-0.39, 0.29) is 22.9 Å². The molecule has 3 heterocycles. The summed E-state index contributed by atoms with van der Waals surface area (Å²) in [5.41, 5.74) is 1.56. The number of amides is 1. The van der Waals surface area contributed by atoms with Crippen molar-refractivity contribution < 1.29 is 9.53 Å². The normalized spacial score (nSPS) is 15.8. The van der Waals surface area contributed by atoms with Crippen molar-refractivity contribution in [2.45, 2.75) is 52.9 Å². The fourth-order valence-electron chi connectivity index (χ4n) is 4.15. The predicted octanol–water partition coefficient (Wildman–Crippen LogP) is 6.47. The largest absolute Gasteiger partial charge is 0.438 e. The van der Waals surface area contributed by atoms with Crippen LogP contribution in [0.4, 0.5) is 0 Å². The molecule has 6 nitrogen and oxygen atoms in total. The van der Waals surface area contributed by atoms with Gasteiger partial charge in [0.15, 0.2) is 0 Å². The molecular formula is C28H31N3O3S2. The highest BCUT2D eigenvalue weighted by molar-refractivity contribution is 8.26. The van der Waals surface area contributed by atoms with Crippen molar-refractivity contribution in [2.75, 3.05) is 6.54 Å². The van der Waals surface area contributed by atoms with E-state index in [1.54, 1.807) is 29.3 Å². The smallest absolute Gasteiger partial charge is 0.269 e. The number of carbonyl (C=O) groups is 1. The number of aryl methyl sites for hydroxylation is 1. The van der Waals surface area contributed by atoms with E-state index in [0.717, 1.165) is 32.1 Å². The van der Waals surface area contributed by atoms with Crippen molar-refractivity contribution in [3.8, 4) is 11.6 Å². The number of hydrogen-bond acceptors (Lipinski definition) is 6. The second kappa shape index (κ2) is 11.8. The molecule has 0 aliphatic carbocycles. The third-order valence-electron chi connectivity index (χ3n) is 6.41. The van der Waals surface area contributed by atoms with Gasteiger partial charge in [0, 0.05) is 12.7 Å². The van der Waals surface area contributed by atoms with E-state index < -0.39 is 0 Å². The zero-order chi connectivity index (χ0) is 25.7. The Bertz CT molecular complexity index is 1350. The van der Waals surface area contributed by atoms with Crippen molar-refractivity contribution in [2.24, 2.45) is 5.92 Å². The molecule has 4 rings (SSSR count). The summed E-state index contributed by atoms with van der Waals surface area (Å²) < 4.78 is 8.06. The summed E-state index contributed by atoms with van der Waals surface area (Å²) in [5, 5.41) is 0. The monoisotopic (exact) mass is 521 g/mol. The van der Waals surface area contributed by atoms with Crippen LogP contribution in [0.5, 0.6) is 11.6 Å². The molecule has 0 saturated carbocycles. The van der Waals surface area contributed by atoms with Crippen LogP contribution in [0.3, 0.4) is 0 Å². The van der Waals surface area contributed by atoms with Crippen LogP contribution in [0.2, 0.25) is 0 Å². The number of unbranched alkanes of at least 4 members (excludes halogenated alkanes) is 1. The molecular weight excluding hydrogens is 490 g/mol. The van der Waals surface area contributed by atoms with Gasteiger partial charge in [0.25, 0.3) is 11.5 Å². The lowest BCUT2D eigenvalue weighted by Crippen LogP contribution is -2.33. The molecule has 188 valence electrons. The number of hydrogen-bond donors (Lipinski definition) is 0. The molecule has 36 heavy (non-hydrogen) atoms. The SMILES string of the molecule is CCCCC(CC)CN1C(=O)/C(=C\c2c(Oc3ccc(CC)cc3)nc3ccccn3c2=O)SC1=S. The fraction of sp³-hybridized carbons (Fsp3) is 0.357.